The van der Waals surface area contributed by atoms with Crippen LogP contribution < -0.4 is 0 Å². The third-order valence-corrected chi connectivity index (χ3v) is 2.63. The Labute approximate surface area is 115 Å². The zero-order valence-corrected chi connectivity index (χ0v) is 11.0. The first-order valence-corrected chi connectivity index (χ1v) is 5.92. The molecule has 2 aromatic rings. The topological polar surface area (TPSA) is 51.0 Å². The summed E-state index contributed by atoms with van der Waals surface area (Å²) < 4.78 is 4.64. The molecule has 0 aromatic heterocycles. The number of azo groups is 1. The summed E-state index contributed by atoms with van der Waals surface area (Å²) in [6, 6.07) is 13.8. The zero-order valence-electron chi connectivity index (χ0n) is 10.2. The van der Waals surface area contributed by atoms with E-state index in [0.717, 1.165) is 0 Å². The van der Waals surface area contributed by atoms with Crippen LogP contribution in [0.4, 0.5) is 11.4 Å². The van der Waals surface area contributed by atoms with Gasteiger partial charge >= 0.3 is 5.97 Å². The van der Waals surface area contributed by atoms with Crippen LogP contribution in [0, 0.1) is 0 Å². The number of ether oxygens (including phenoxy) is 1. The van der Waals surface area contributed by atoms with Crippen LogP contribution in [0.1, 0.15) is 10.4 Å². The van der Waals surface area contributed by atoms with Gasteiger partial charge in [0.25, 0.3) is 0 Å². The van der Waals surface area contributed by atoms with Gasteiger partial charge in [-0.3, -0.25) is 0 Å². The average molecular weight is 275 g/mol. The summed E-state index contributed by atoms with van der Waals surface area (Å²) in [6.45, 7) is 0. The molecular formula is C14H11ClN2O2. The first-order valence-electron chi connectivity index (χ1n) is 5.55. The molecule has 0 aliphatic heterocycles. The van der Waals surface area contributed by atoms with Crippen molar-refractivity contribution in [2.75, 3.05) is 7.11 Å². The van der Waals surface area contributed by atoms with E-state index in [1.165, 1.54) is 7.11 Å². The second-order valence-electron chi connectivity index (χ2n) is 3.72. The predicted molar refractivity (Wildman–Crippen MR) is 73.4 cm³/mol. The van der Waals surface area contributed by atoms with Gasteiger partial charge in [0, 0.05) is 5.02 Å². The van der Waals surface area contributed by atoms with Crippen molar-refractivity contribution in [3.05, 3.63) is 59.1 Å². The summed E-state index contributed by atoms with van der Waals surface area (Å²) >= 11 is 5.78. The Bertz CT molecular complexity index is 609. The monoisotopic (exact) mass is 274 g/mol. The number of rotatable bonds is 3. The molecule has 0 aliphatic carbocycles. The van der Waals surface area contributed by atoms with Crippen molar-refractivity contribution in [2.24, 2.45) is 10.2 Å². The van der Waals surface area contributed by atoms with Crippen molar-refractivity contribution in [2.45, 2.75) is 0 Å². The molecule has 96 valence electrons. The number of esters is 1. The maximum Gasteiger partial charge on any atom is 0.337 e. The van der Waals surface area contributed by atoms with E-state index in [0.29, 0.717) is 22.0 Å². The second kappa shape index (κ2) is 6.11. The maximum atomic E-state index is 11.4. The van der Waals surface area contributed by atoms with Crippen LogP contribution in [-0.4, -0.2) is 13.1 Å². The van der Waals surface area contributed by atoms with Crippen molar-refractivity contribution >= 4 is 28.9 Å². The Kier molecular flexibility index (Phi) is 4.26. The second-order valence-corrected chi connectivity index (χ2v) is 4.15. The highest BCUT2D eigenvalue weighted by Gasteiger charge is 2.04. The van der Waals surface area contributed by atoms with Crippen molar-refractivity contribution in [3.63, 3.8) is 0 Å². The number of halogens is 1. The smallest absolute Gasteiger partial charge is 0.337 e. The van der Waals surface area contributed by atoms with Crippen molar-refractivity contribution in [3.8, 4) is 0 Å². The molecule has 19 heavy (non-hydrogen) atoms. The molecule has 4 nitrogen and oxygen atoms in total. The van der Waals surface area contributed by atoms with E-state index >= 15 is 0 Å². The average Bonchev–Trinajstić information content (AvgIpc) is 2.46. The summed E-state index contributed by atoms with van der Waals surface area (Å²) in [4.78, 5) is 11.4. The molecule has 0 heterocycles. The summed E-state index contributed by atoms with van der Waals surface area (Å²) in [6.07, 6.45) is 0. The molecule has 2 aromatic carbocycles. The van der Waals surface area contributed by atoms with E-state index in [4.69, 9.17) is 11.6 Å². The molecular weight excluding hydrogens is 264 g/mol. The number of hydrogen-bond donors (Lipinski definition) is 0. The molecule has 5 heteroatoms. The third-order valence-electron chi connectivity index (χ3n) is 2.37. The molecule has 0 aliphatic rings. The van der Waals surface area contributed by atoms with E-state index in [1.54, 1.807) is 48.5 Å². The van der Waals surface area contributed by atoms with Crippen LogP contribution in [0.5, 0.6) is 0 Å². The lowest BCUT2D eigenvalue weighted by Crippen LogP contribution is -1.99. The summed E-state index contributed by atoms with van der Waals surface area (Å²) in [7, 11) is 1.34. The number of hydrogen-bond acceptors (Lipinski definition) is 4. The van der Waals surface area contributed by atoms with Gasteiger partial charge in [-0.15, -0.1) is 0 Å². The van der Waals surface area contributed by atoms with Gasteiger partial charge in [0.15, 0.2) is 0 Å². The fourth-order valence-corrected chi connectivity index (χ4v) is 1.56. The number of methoxy groups -OCH3 is 1. The number of nitrogens with zero attached hydrogens (tertiary/aromatic N) is 2. The van der Waals surface area contributed by atoms with E-state index in [9.17, 15) is 4.79 Å². The van der Waals surface area contributed by atoms with Crippen LogP contribution in [0.15, 0.2) is 58.8 Å². The van der Waals surface area contributed by atoms with E-state index in [2.05, 4.69) is 15.0 Å². The van der Waals surface area contributed by atoms with Crippen molar-refractivity contribution in [1.29, 1.82) is 0 Å². The fraction of sp³-hybridized carbons (Fsp3) is 0.0714. The Morgan fingerprint density at radius 3 is 2.42 bits per heavy atom. The zero-order chi connectivity index (χ0) is 13.7. The van der Waals surface area contributed by atoms with Crippen molar-refractivity contribution < 1.29 is 9.53 Å². The van der Waals surface area contributed by atoms with Gasteiger partial charge in [0.05, 0.1) is 24.0 Å². The molecule has 0 radical (unpaired) electrons. The Morgan fingerprint density at radius 1 is 1.05 bits per heavy atom. The molecule has 0 unspecified atom stereocenters. The van der Waals surface area contributed by atoms with Gasteiger partial charge in [0.1, 0.15) is 0 Å². The molecule has 0 saturated carbocycles. The minimum Gasteiger partial charge on any atom is -0.465 e. The Hall–Kier alpha value is -2.20. The molecule has 0 amide bonds. The van der Waals surface area contributed by atoms with Crippen LogP contribution in [0.3, 0.4) is 0 Å². The van der Waals surface area contributed by atoms with Crippen LogP contribution in [0.25, 0.3) is 0 Å². The van der Waals surface area contributed by atoms with E-state index < -0.39 is 5.97 Å². The van der Waals surface area contributed by atoms with Gasteiger partial charge in [-0.05, 0) is 42.5 Å². The molecule has 0 spiro atoms. The lowest BCUT2D eigenvalue weighted by atomic mass is 10.2. The van der Waals surface area contributed by atoms with Crippen molar-refractivity contribution in [1.82, 2.24) is 0 Å². The number of carbonyl (C=O) groups excluding carboxylic acids is 1. The van der Waals surface area contributed by atoms with E-state index in [-0.39, 0.29) is 0 Å². The summed E-state index contributed by atoms with van der Waals surface area (Å²) in [5.74, 6) is -0.399. The molecule has 0 atom stereocenters. The van der Waals surface area contributed by atoms with Crippen LogP contribution >= 0.6 is 11.6 Å². The van der Waals surface area contributed by atoms with E-state index in [1.807, 2.05) is 0 Å². The van der Waals surface area contributed by atoms with Gasteiger partial charge < -0.3 is 4.74 Å². The maximum absolute atomic E-state index is 11.4. The Balaban J connectivity index is 2.19. The van der Waals surface area contributed by atoms with Gasteiger partial charge in [0.2, 0.25) is 0 Å². The fourth-order valence-electron chi connectivity index (χ4n) is 1.44. The summed E-state index contributed by atoms with van der Waals surface area (Å²) in [5, 5.41) is 8.76. The minimum absolute atomic E-state index is 0.399. The first kappa shape index (κ1) is 13.2. The van der Waals surface area contributed by atoms with Gasteiger partial charge in [-0.2, -0.15) is 10.2 Å². The normalized spacial score (nSPS) is 10.6. The Morgan fingerprint density at radius 2 is 1.74 bits per heavy atom. The number of benzene rings is 2. The molecule has 2 rings (SSSR count). The molecule has 0 fully saturated rings. The molecule has 0 saturated heterocycles. The molecule has 0 N–H and O–H groups in total. The lowest BCUT2D eigenvalue weighted by Gasteiger charge is -1.99. The highest BCUT2D eigenvalue weighted by Crippen LogP contribution is 2.21. The largest absolute Gasteiger partial charge is 0.465 e. The predicted octanol–water partition coefficient (Wildman–Crippen LogP) is 4.54. The van der Waals surface area contributed by atoms with Gasteiger partial charge in [-0.1, -0.05) is 17.7 Å². The highest BCUT2D eigenvalue weighted by molar-refractivity contribution is 6.30. The minimum atomic E-state index is -0.399. The third kappa shape index (κ3) is 3.63. The lowest BCUT2D eigenvalue weighted by molar-refractivity contribution is 0.0601. The molecule has 0 bridgehead atoms. The quantitative estimate of drug-likeness (QED) is 0.609. The highest BCUT2D eigenvalue weighted by atomic mass is 35.5. The standard InChI is InChI=1S/C14H11ClN2O2/c1-19-14(18)10-3-2-4-13(9-10)17-16-12-7-5-11(15)6-8-12/h2-9H,1H3/b17-16+. The SMILES string of the molecule is COC(=O)c1cccc(/N=N/c2ccc(Cl)cc2)c1. The number of carbonyl (C=O) groups is 1. The van der Waals surface area contributed by atoms with Gasteiger partial charge in [-0.25, -0.2) is 4.79 Å². The van der Waals surface area contributed by atoms with Crippen LogP contribution in [-0.2, 0) is 4.74 Å². The first-order chi connectivity index (χ1) is 9.19. The van der Waals surface area contributed by atoms with Crippen LogP contribution in [0.2, 0.25) is 5.02 Å². The summed E-state index contributed by atoms with van der Waals surface area (Å²) in [5.41, 5.74) is 1.71.